The first-order valence-corrected chi connectivity index (χ1v) is 9.70. The lowest BCUT2D eigenvalue weighted by molar-refractivity contribution is 0.204. The zero-order chi connectivity index (χ0) is 17.2. The summed E-state index contributed by atoms with van der Waals surface area (Å²) >= 11 is 6.35. The average Bonchev–Trinajstić information content (AvgIpc) is 3.24. The molecule has 1 atom stereocenters. The lowest BCUT2D eigenvalue weighted by atomic mass is 9.92. The first kappa shape index (κ1) is 15.9. The van der Waals surface area contributed by atoms with Gasteiger partial charge in [-0.05, 0) is 50.9 Å². The largest absolute Gasteiger partial charge is 0.396 e. The fraction of sp³-hybridized carbons (Fsp3) is 0.667. The fourth-order valence-electron chi connectivity index (χ4n) is 4.86. The van der Waals surface area contributed by atoms with Crippen LogP contribution < -0.4 is 11.1 Å². The van der Waals surface area contributed by atoms with Gasteiger partial charge >= 0.3 is 0 Å². The standard InChI is InChI=1S/C18H24ClN5O/c19-14-8-21-24-16(22-12-3-1-11(20)2-4-12)13-7-10(9-25)18(5-6-18)15(13)23-17(14)24/h8,10-12,22,25H,1-7,9,20H2. The molecule has 3 aliphatic rings. The molecule has 2 heterocycles. The lowest BCUT2D eigenvalue weighted by Crippen LogP contribution is -2.33. The van der Waals surface area contributed by atoms with Crippen molar-refractivity contribution in [3.05, 3.63) is 22.5 Å². The zero-order valence-electron chi connectivity index (χ0n) is 14.2. The Bertz CT molecular complexity index is 822. The van der Waals surface area contributed by atoms with Crippen LogP contribution in [0.5, 0.6) is 0 Å². The van der Waals surface area contributed by atoms with E-state index < -0.39 is 0 Å². The number of nitrogens with two attached hydrogens (primary N) is 1. The number of nitrogens with one attached hydrogen (secondary N) is 1. The number of hydrogen-bond donors (Lipinski definition) is 3. The van der Waals surface area contributed by atoms with Crippen molar-refractivity contribution in [3.8, 4) is 0 Å². The summed E-state index contributed by atoms with van der Waals surface area (Å²) in [5.74, 6) is 1.29. The molecule has 0 radical (unpaired) electrons. The van der Waals surface area contributed by atoms with E-state index in [1.807, 2.05) is 4.52 Å². The molecule has 0 aliphatic heterocycles. The maximum atomic E-state index is 9.89. The fourth-order valence-corrected chi connectivity index (χ4v) is 5.03. The van der Waals surface area contributed by atoms with E-state index >= 15 is 0 Å². The van der Waals surface area contributed by atoms with Crippen molar-refractivity contribution in [1.29, 1.82) is 0 Å². The number of hydrogen-bond acceptors (Lipinski definition) is 5. The van der Waals surface area contributed by atoms with Gasteiger partial charge in [0, 0.05) is 29.7 Å². The van der Waals surface area contributed by atoms with Gasteiger partial charge in [-0.2, -0.15) is 9.61 Å². The molecule has 7 heteroatoms. The van der Waals surface area contributed by atoms with Crippen LogP contribution in [0.2, 0.25) is 5.02 Å². The molecule has 2 aromatic heterocycles. The molecule has 134 valence electrons. The van der Waals surface area contributed by atoms with Crippen molar-refractivity contribution in [1.82, 2.24) is 14.6 Å². The average molecular weight is 362 g/mol. The Kier molecular flexibility index (Phi) is 3.53. The van der Waals surface area contributed by atoms with Crippen LogP contribution in [0.15, 0.2) is 6.20 Å². The Hall–Kier alpha value is -1.37. The Morgan fingerprint density at radius 2 is 2.08 bits per heavy atom. The SMILES string of the molecule is NC1CCC(Nc2c3c(nc4c(Cl)cnn24)C2(CC2)C(CO)C3)CC1. The summed E-state index contributed by atoms with van der Waals surface area (Å²) in [6, 6.07) is 0.731. The van der Waals surface area contributed by atoms with Crippen molar-refractivity contribution in [2.45, 2.75) is 62.4 Å². The lowest BCUT2D eigenvalue weighted by Gasteiger charge is -2.28. The highest BCUT2D eigenvalue weighted by Crippen LogP contribution is 2.60. The highest BCUT2D eigenvalue weighted by molar-refractivity contribution is 6.33. The summed E-state index contributed by atoms with van der Waals surface area (Å²) in [7, 11) is 0. The van der Waals surface area contributed by atoms with Crippen LogP contribution in [-0.2, 0) is 11.8 Å². The van der Waals surface area contributed by atoms with Gasteiger partial charge in [0.05, 0.1) is 11.9 Å². The molecule has 1 spiro atoms. The van der Waals surface area contributed by atoms with Crippen LogP contribution in [0.3, 0.4) is 0 Å². The minimum atomic E-state index is 0.0603. The topological polar surface area (TPSA) is 88.5 Å². The summed E-state index contributed by atoms with van der Waals surface area (Å²) in [6.07, 6.45) is 9.00. The molecule has 0 bridgehead atoms. The van der Waals surface area contributed by atoms with Gasteiger partial charge in [-0.25, -0.2) is 4.98 Å². The van der Waals surface area contributed by atoms with E-state index in [4.69, 9.17) is 22.3 Å². The third-order valence-electron chi connectivity index (χ3n) is 6.53. The highest BCUT2D eigenvalue weighted by atomic mass is 35.5. The zero-order valence-corrected chi connectivity index (χ0v) is 15.0. The Balaban J connectivity index is 1.60. The van der Waals surface area contributed by atoms with Crippen molar-refractivity contribution in [2.75, 3.05) is 11.9 Å². The second kappa shape index (κ2) is 5.56. The van der Waals surface area contributed by atoms with Crippen LogP contribution in [0.25, 0.3) is 5.65 Å². The first-order valence-electron chi connectivity index (χ1n) is 9.32. The molecular formula is C18H24ClN5O. The van der Waals surface area contributed by atoms with Crippen molar-refractivity contribution < 1.29 is 5.11 Å². The molecule has 4 N–H and O–H groups in total. The molecule has 25 heavy (non-hydrogen) atoms. The third-order valence-corrected chi connectivity index (χ3v) is 6.79. The van der Waals surface area contributed by atoms with Crippen LogP contribution in [0.4, 0.5) is 5.82 Å². The number of aliphatic hydroxyl groups is 1. The van der Waals surface area contributed by atoms with E-state index in [0.717, 1.165) is 62.1 Å². The summed E-state index contributed by atoms with van der Waals surface area (Å²) < 4.78 is 1.85. The predicted octanol–water partition coefficient (Wildman–Crippen LogP) is 2.26. The van der Waals surface area contributed by atoms with Gasteiger partial charge < -0.3 is 16.2 Å². The third kappa shape index (κ3) is 2.31. The van der Waals surface area contributed by atoms with Crippen molar-refractivity contribution >= 4 is 23.1 Å². The van der Waals surface area contributed by atoms with Gasteiger partial charge in [0.2, 0.25) is 0 Å². The molecule has 2 saturated carbocycles. The molecule has 2 fully saturated rings. The Morgan fingerprint density at radius 1 is 1.32 bits per heavy atom. The Morgan fingerprint density at radius 3 is 2.76 bits per heavy atom. The normalized spacial score (nSPS) is 30.0. The predicted molar refractivity (Wildman–Crippen MR) is 97.0 cm³/mol. The molecule has 6 nitrogen and oxygen atoms in total. The number of fused-ring (bicyclic) bond motifs is 3. The monoisotopic (exact) mass is 361 g/mol. The number of aliphatic hydroxyl groups excluding tert-OH is 1. The van der Waals surface area contributed by atoms with Gasteiger partial charge in [-0.3, -0.25) is 0 Å². The molecule has 5 rings (SSSR count). The van der Waals surface area contributed by atoms with E-state index in [-0.39, 0.29) is 17.9 Å². The van der Waals surface area contributed by atoms with Gasteiger partial charge in [-0.15, -0.1) is 0 Å². The molecule has 1 unspecified atom stereocenters. The van der Waals surface area contributed by atoms with E-state index in [1.165, 1.54) is 5.56 Å². The number of anilines is 1. The van der Waals surface area contributed by atoms with Crippen molar-refractivity contribution in [2.24, 2.45) is 11.7 Å². The van der Waals surface area contributed by atoms with Gasteiger partial charge in [0.25, 0.3) is 0 Å². The second-order valence-electron chi connectivity index (χ2n) is 8.01. The van der Waals surface area contributed by atoms with Crippen LogP contribution in [-0.4, -0.2) is 38.4 Å². The summed E-state index contributed by atoms with van der Waals surface area (Å²) in [5, 5.41) is 18.7. The van der Waals surface area contributed by atoms with Gasteiger partial charge in [0.1, 0.15) is 10.8 Å². The maximum absolute atomic E-state index is 9.89. The van der Waals surface area contributed by atoms with E-state index in [2.05, 4.69) is 10.4 Å². The van der Waals surface area contributed by atoms with Gasteiger partial charge in [-0.1, -0.05) is 11.6 Å². The van der Waals surface area contributed by atoms with Gasteiger partial charge in [0.15, 0.2) is 5.65 Å². The Labute approximate surface area is 151 Å². The minimum Gasteiger partial charge on any atom is -0.396 e. The number of aromatic nitrogens is 3. The number of rotatable bonds is 3. The summed E-state index contributed by atoms with van der Waals surface area (Å²) in [4.78, 5) is 4.89. The van der Waals surface area contributed by atoms with Crippen LogP contribution >= 0.6 is 11.6 Å². The van der Waals surface area contributed by atoms with Crippen molar-refractivity contribution in [3.63, 3.8) is 0 Å². The number of halogens is 1. The van der Waals surface area contributed by atoms with Crippen LogP contribution in [0.1, 0.15) is 49.8 Å². The first-order chi connectivity index (χ1) is 12.1. The molecular weight excluding hydrogens is 338 g/mol. The molecule has 0 aromatic carbocycles. The van der Waals surface area contributed by atoms with E-state index in [0.29, 0.717) is 17.1 Å². The highest BCUT2D eigenvalue weighted by Gasteiger charge is 2.57. The smallest absolute Gasteiger partial charge is 0.176 e. The summed E-state index contributed by atoms with van der Waals surface area (Å²) in [5.41, 5.74) is 9.19. The maximum Gasteiger partial charge on any atom is 0.176 e. The van der Waals surface area contributed by atoms with E-state index in [1.54, 1.807) is 6.20 Å². The molecule has 0 amide bonds. The molecule has 3 aliphatic carbocycles. The summed E-state index contributed by atoms with van der Waals surface area (Å²) in [6.45, 7) is 0.212. The quantitative estimate of drug-likeness (QED) is 0.780. The van der Waals surface area contributed by atoms with E-state index in [9.17, 15) is 5.11 Å². The molecule has 0 saturated heterocycles. The number of nitrogens with zero attached hydrogens (tertiary/aromatic N) is 3. The molecule has 2 aromatic rings. The van der Waals surface area contributed by atoms with Crippen LogP contribution in [0, 0.1) is 5.92 Å². The second-order valence-corrected chi connectivity index (χ2v) is 8.42. The minimum absolute atomic E-state index is 0.0603.